The zero-order valence-electron chi connectivity index (χ0n) is 12.9. The molecule has 2 rings (SSSR count). The lowest BCUT2D eigenvalue weighted by Gasteiger charge is -2.16. The summed E-state index contributed by atoms with van der Waals surface area (Å²) in [5.41, 5.74) is 0.114. The second-order valence-electron chi connectivity index (χ2n) is 6.11. The van der Waals surface area contributed by atoms with E-state index in [4.69, 9.17) is 0 Å². The predicted octanol–water partition coefficient (Wildman–Crippen LogP) is 2.01. The molecule has 22 heavy (non-hydrogen) atoms. The molecule has 0 radical (unpaired) electrons. The van der Waals surface area contributed by atoms with Crippen molar-refractivity contribution >= 4 is 9.84 Å². The maximum atomic E-state index is 12.2. The van der Waals surface area contributed by atoms with Crippen LogP contribution in [0.1, 0.15) is 31.7 Å². The zero-order valence-corrected chi connectivity index (χ0v) is 13.8. The first-order valence-corrected chi connectivity index (χ1v) is 9.04. The van der Waals surface area contributed by atoms with Gasteiger partial charge in [0, 0.05) is 18.9 Å². The van der Waals surface area contributed by atoms with Gasteiger partial charge in [0.15, 0.2) is 9.84 Å². The summed E-state index contributed by atoms with van der Waals surface area (Å²) < 4.78 is 26.2. The molecule has 0 saturated heterocycles. The average molecular weight is 322 g/mol. The van der Waals surface area contributed by atoms with Crippen molar-refractivity contribution in [2.75, 3.05) is 5.75 Å². The van der Waals surface area contributed by atoms with Crippen molar-refractivity contribution in [1.82, 2.24) is 9.55 Å². The number of aromatic nitrogens is 2. The minimum atomic E-state index is -3.30. The highest BCUT2D eigenvalue weighted by Crippen LogP contribution is 2.13. The van der Waals surface area contributed by atoms with Gasteiger partial charge in [0.05, 0.1) is 11.4 Å². The Bertz CT molecular complexity index is 700. The van der Waals surface area contributed by atoms with E-state index in [1.165, 1.54) is 0 Å². The van der Waals surface area contributed by atoms with Crippen molar-refractivity contribution in [3.63, 3.8) is 0 Å². The van der Waals surface area contributed by atoms with Crippen molar-refractivity contribution < 1.29 is 13.5 Å². The smallest absolute Gasteiger partial charge is 0.157 e. The normalized spacial score (nSPS) is 12.5. The topological polar surface area (TPSA) is 72.2 Å². The van der Waals surface area contributed by atoms with Crippen LogP contribution in [0.5, 0.6) is 0 Å². The fraction of sp³-hybridized carbons (Fsp3) is 0.438. The molecule has 0 unspecified atom stereocenters. The number of rotatable bonds is 7. The Kier molecular flexibility index (Phi) is 5.03. The molecular formula is C16H22N2O3S. The van der Waals surface area contributed by atoms with Gasteiger partial charge in [-0.1, -0.05) is 30.3 Å². The minimum Gasteiger partial charge on any atom is -0.390 e. The maximum absolute atomic E-state index is 12.2. The van der Waals surface area contributed by atoms with Crippen molar-refractivity contribution in [2.24, 2.45) is 0 Å². The van der Waals surface area contributed by atoms with E-state index >= 15 is 0 Å². The third-order valence-corrected chi connectivity index (χ3v) is 4.90. The van der Waals surface area contributed by atoms with Gasteiger partial charge < -0.3 is 9.67 Å². The summed E-state index contributed by atoms with van der Waals surface area (Å²) >= 11 is 0. The van der Waals surface area contributed by atoms with Crippen molar-refractivity contribution in [2.45, 2.75) is 38.2 Å². The second-order valence-corrected chi connectivity index (χ2v) is 8.30. The molecule has 0 spiro atoms. The fourth-order valence-corrected chi connectivity index (χ4v) is 3.67. The molecular weight excluding hydrogens is 300 g/mol. The molecule has 120 valence electrons. The molecule has 1 heterocycles. The van der Waals surface area contributed by atoms with Crippen LogP contribution >= 0.6 is 0 Å². The molecule has 0 atom stereocenters. The Morgan fingerprint density at radius 3 is 2.55 bits per heavy atom. The molecule has 5 nitrogen and oxygen atoms in total. The SMILES string of the molecule is CC(C)(O)CCS(=O)(=O)Cc1nccn1Cc1ccccc1. The minimum absolute atomic E-state index is 0.0469. The molecule has 1 N–H and O–H groups in total. The van der Waals surface area contributed by atoms with Gasteiger partial charge in [-0.05, 0) is 25.8 Å². The van der Waals surface area contributed by atoms with Crippen molar-refractivity contribution in [1.29, 1.82) is 0 Å². The largest absolute Gasteiger partial charge is 0.390 e. The van der Waals surface area contributed by atoms with Gasteiger partial charge >= 0.3 is 0 Å². The first-order valence-electron chi connectivity index (χ1n) is 7.22. The van der Waals surface area contributed by atoms with E-state index < -0.39 is 15.4 Å². The molecule has 0 amide bonds. The van der Waals surface area contributed by atoms with E-state index in [1.54, 1.807) is 26.2 Å². The van der Waals surface area contributed by atoms with E-state index in [9.17, 15) is 13.5 Å². The average Bonchev–Trinajstić information content (AvgIpc) is 2.84. The van der Waals surface area contributed by atoms with Crippen LogP contribution in [0.25, 0.3) is 0 Å². The highest BCUT2D eigenvalue weighted by Gasteiger charge is 2.21. The van der Waals surface area contributed by atoms with Crippen molar-refractivity contribution in [3.05, 3.63) is 54.1 Å². The Morgan fingerprint density at radius 2 is 1.91 bits per heavy atom. The maximum Gasteiger partial charge on any atom is 0.157 e. The number of hydrogen-bond donors (Lipinski definition) is 1. The summed E-state index contributed by atoms with van der Waals surface area (Å²) in [7, 11) is -3.30. The summed E-state index contributed by atoms with van der Waals surface area (Å²) in [6.45, 7) is 3.81. The van der Waals surface area contributed by atoms with Crippen LogP contribution in [-0.4, -0.2) is 34.4 Å². The Labute approximate surface area is 131 Å². The number of sulfone groups is 1. The van der Waals surface area contributed by atoms with Gasteiger partial charge in [-0.25, -0.2) is 13.4 Å². The number of hydrogen-bond acceptors (Lipinski definition) is 4. The first-order chi connectivity index (χ1) is 10.3. The van der Waals surface area contributed by atoms with Gasteiger partial charge in [0.25, 0.3) is 0 Å². The number of aliphatic hydroxyl groups is 1. The van der Waals surface area contributed by atoms with E-state index in [-0.39, 0.29) is 17.9 Å². The van der Waals surface area contributed by atoms with Crippen LogP contribution in [-0.2, 0) is 22.1 Å². The van der Waals surface area contributed by atoms with Crippen LogP contribution < -0.4 is 0 Å². The molecule has 0 aliphatic heterocycles. The molecule has 0 saturated carbocycles. The molecule has 1 aromatic carbocycles. The summed E-state index contributed by atoms with van der Waals surface area (Å²) in [4.78, 5) is 4.16. The lowest BCUT2D eigenvalue weighted by atomic mass is 10.1. The molecule has 0 bridgehead atoms. The van der Waals surface area contributed by atoms with Crippen molar-refractivity contribution in [3.8, 4) is 0 Å². The van der Waals surface area contributed by atoms with Crippen LogP contribution in [0.3, 0.4) is 0 Å². The van der Waals surface area contributed by atoms with E-state index in [2.05, 4.69) is 4.98 Å². The van der Waals surface area contributed by atoms with Gasteiger partial charge in [-0.2, -0.15) is 0 Å². The van der Waals surface area contributed by atoms with Gasteiger partial charge in [0.1, 0.15) is 11.6 Å². The monoisotopic (exact) mass is 322 g/mol. The molecule has 0 fully saturated rings. The van der Waals surface area contributed by atoms with Gasteiger partial charge in [-0.3, -0.25) is 0 Å². The Balaban J connectivity index is 2.06. The fourth-order valence-electron chi connectivity index (χ4n) is 2.08. The molecule has 1 aromatic heterocycles. The predicted molar refractivity (Wildman–Crippen MR) is 86.2 cm³/mol. The third-order valence-electron chi connectivity index (χ3n) is 3.37. The van der Waals surface area contributed by atoms with Crippen LogP contribution in [0.2, 0.25) is 0 Å². The van der Waals surface area contributed by atoms with E-state index in [0.717, 1.165) is 5.56 Å². The van der Waals surface area contributed by atoms with E-state index in [0.29, 0.717) is 12.4 Å². The lowest BCUT2D eigenvalue weighted by Crippen LogP contribution is -2.24. The summed E-state index contributed by atoms with van der Waals surface area (Å²) in [6, 6.07) is 9.83. The second kappa shape index (κ2) is 6.62. The highest BCUT2D eigenvalue weighted by molar-refractivity contribution is 7.90. The third kappa shape index (κ3) is 5.27. The Hall–Kier alpha value is -1.66. The standard InChI is InChI=1S/C16H22N2O3S/c1-16(2,19)8-11-22(20,21)13-15-17-9-10-18(15)12-14-6-4-3-5-7-14/h3-7,9-10,19H,8,11-13H2,1-2H3. The number of benzene rings is 1. The summed E-state index contributed by atoms with van der Waals surface area (Å²) in [6.07, 6.45) is 3.62. The molecule has 0 aliphatic rings. The highest BCUT2D eigenvalue weighted by atomic mass is 32.2. The molecule has 0 aliphatic carbocycles. The number of imidazole rings is 1. The Morgan fingerprint density at radius 1 is 1.23 bits per heavy atom. The summed E-state index contributed by atoms with van der Waals surface area (Å²) in [5, 5.41) is 9.67. The van der Waals surface area contributed by atoms with Gasteiger partial charge in [0.2, 0.25) is 0 Å². The van der Waals surface area contributed by atoms with E-state index in [1.807, 2.05) is 34.9 Å². The van der Waals surface area contributed by atoms with Crippen LogP contribution in [0.15, 0.2) is 42.7 Å². The number of nitrogens with zero attached hydrogens (tertiary/aromatic N) is 2. The van der Waals surface area contributed by atoms with Crippen LogP contribution in [0, 0.1) is 0 Å². The summed E-state index contributed by atoms with van der Waals surface area (Å²) in [5.74, 6) is 0.372. The van der Waals surface area contributed by atoms with Crippen LogP contribution in [0.4, 0.5) is 0 Å². The first kappa shape index (κ1) is 16.7. The molecule has 6 heteroatoms. The molecule has 2 aromatic rings. The van der Waals surface area contributed by atoms with Gasteiger partial charge in [-0.15, -0.1) is 0 Å². The lowest BCUT2D eigenvalue weighted by molar-refractivity contribution is 0.0772. The zero-order chi connectivity index (χ0) is 16.2. The quantitative estimate of drug-likeness (QED) is 0.846.